The van der Waals surface area contributed by atoms with Gasteiger partial charge in [-0.2, -0.15) is 5.10 Å². The predicted octanol–water partition coefficient (Wildman–Crippen LogP) is 8.06. The highest BCUT2D eigenvalue weighted by molar-refractivity contribution is 5.96. The summed E-state index contributed by atoms with van der Waals surface area (Å²) in [5, 5.41) is 7.35. The maximum atomic E-state index is 13.7. The van der Waals surface area contributed by atoms with E-state index in [1.54, 1.807) is 4.68 Å². The minimum Gasteiger partial charge on any atom is -0.438 e. The zero-order valence-corrected chi connectivity index (χ0v) is 36.0. The first-order valence-electron chi connectivity index (χ1n) is 21.6. The van der Waals surface area contributed by atoms with Gasteiger partial charge in [-0.15, -0.1) is 0 Å². The standard InChI is InChI=1S/C32H39FN4O3.C15H25N3O/c1-23(2)37-11-9-35(10-12-37)21-25-7-8-30(27(17-25)22-36-13-15-39-16-14-36)26-5-4-6-29(18-26)40-32-31(24(3)38)19-28(33)20-34-32;1-4-5-12-6-8-13(9-7-12)16-15(19)14-10-11(2)18(3)17-14/h4-8,17-20,23H,9-16,21-22H2,1-3H3;10,12-13H,4-9H2,1-3H3,(H,16,19). The normalized spacial score (nSPS) is 19.3. The van der Waals surface area contributed by atoms with Gasteiger partial charge in [-0.1, -0.05) is 50.1 Å². The number of amides is 1. The van der Waals surface area contributed by atoms with Crippen LogP contribution in [0.4, 0.5) is 4.39 Å². The average Bonchev–Trinajstić information content (AvgIpc) is 3.57. The quantitative estimate of drug-likeness (QED) is 0.134. The van der Waals surface area contributed by atoms with E-state index in [-0.39, 0.29) is 23.1 Å². The number of hydrogen-bond donors (Lipinski definition) is 1. The third-order valence-electron chi connectivity index (χ3n) is 12.0. The number of rotatable bonds is 13. The third kappa shape index (κ3) is 12.5. The number of aromatic nitrogens is 3. The molecule has 12 heteroatoms. The van der Waals surface area contributed by atoms with Crippen LogP contribution in [0.2, 0.25) is 0 Å². The van der Waals surface area contributed by atoms with E-state index in [0.717, 1.165) is 113 Å². The van der Waals surface area contributed by atoms with Crippen molar-refractivity contribution in [2.45, 2.75) is 98.3 Å². The number of carbonyl (C=O) groups excluding carboxylic acids is 2. The minimum absolute atomic E-state index is 0.0253. The molecule has 3 aliphatic rings. The van der Waals surface area contributed by atoms with Gasteiger partial charge >= 0.3 is 0 Å². The van der Waals surface area contributed by atoms with Crippen LogP contribution < -0.4 is 10.1 Å². The molecule has 2 aliphatic heterocycles. The zero-order valence-electron chi connectivity index (χ0n) is 36.0. The number of ketones is 1. The second-order valence-corrected chi connectivity index (χ2v) is 16.8. The maximum Gasteiger partial charge on any atom is 0.272 e. The fourth-order valence-electron chi connectivity index (χ4n) is 8.39. The first-order valence-corrected chi connectivity index (χ1v) is 21.6. The van der Waals surface area contributed by atoms with Crippen molar-refractivity contribution < 1.29 is 23.5 Å². The van der Waals surface area contributed by atoms with Gasteiger partial charge in [0.1, 0.15) is 17.3 Å². The monoisotopic (exact) mass is 810 g/mol. The number of carbonyl (C=O) groups is 2. The molecule has 0 bridgehead atoms. The molecule has 4 heterocycles. The van der Waals surface area contributed by atoms with Crippen molar-refractivity contribution in [1.82, 2.24) is 34.8 Å². The Morgan fingerprint density at radius 3 is 2.32 bits per heavy atom. The predicted molar refractivity (Wildman–Crippen MR) is 230 cm³/mol. The van der Waals surface area contributed by atoms with Gasteiger partial charge in [0.2, 0.25) is 5.88 Å². The summed E-state index contributed by atoms with van der Waals surface area (Å²) in [5.74, 6) is 0.627. The Bertz CT molecular complexity index is 1980. The van der Waals surface area contributed by atoms with Crippen LogP contribution in [0, 0.1) is 18.7 Å². The van der Waals surface area contributed by atoms with Gasteiger partial charge in [0.05, 0.1) is 25.0 Å². The van der Waals surface area contributed by atoms with Crippen LogP contribution in [0.1, 0.15) is 104 Å². The number of benzene rings is 2. The number of ether oxygens (including phenoxy) is 2. The number of halogens is 1. The van der Waals surface area contributed by atoms with E-state index in [1.807, 2.05) is 38.2 Å². The molecule has 7 rings (SSSR count). The lowest BCUT2D eigenvalue weighted by Gasteiger charge is -2.37. The van der Waals surface area contributed by atoms with Crippen molar-refractivity contribution in [3.05, 3.63) is 94.7 Å². The molecule has 1 aliphatic carbocycles. The number of nitrogens with zero attached hydrogens (tertiary/aromatic N) is 6. The molecule has 3 fully saturated rings. The van der Waals surface area contributed by atoms with Crippen molar-refractivity contribution in [2.75, 3.05) is 52.5 Å². The van der Waals surface area contributed by atoms with E-state index in [4.69, 9.17) is 9.47 Å². The van der Waals surface area contributed by atoms with Gasteiger partial charge in [-0.05, 0) is 106 Å². The summed E-state index contributed by atoms with van der Waals surface area (Å²) in [6.07, 6.45) is 8.40. The third-order valence-corrected chi connectivity index (χ3v) is 12.0. The van der Waals surface area contributed by atoms with Crippen LogP contribution in [0.25, 0.3) is 11.1 Å². The zero-order chi connectivity index (χ0) is 41.9. The number of Topliss-reactive ketones (excluding diaryl/α,β-unsaturated/α-hetero) is 1. The summed E-state index contributed by atoms with van der Waals surface area (Å²) >= 11 is 0. The van der Waals surface area contributed by atoms with Crippen molar-refractivity contribution >= 4 is 11.7 Å². The first-order chi connectivity index (χ1) is 28.4. The van der Waals surface area contributed by atoms with Gasteiger partial charge < -0.3 is 14.8 Å². The number of hydrogen-bond acceptors (Lipinski definition) is 9. The van der Waals surface area contributed by atoms with E-state index in [9.17, 15) is 14.0 Å². The van der Waals surface area contributed by atoms with Crippen LogP contribution in [0.15, 0.2) is 60.8 Å². The van der Waals surface area contributed by atoms with Gasteiger partial charge in [0.15, 0.2) is 5.78 Å². The van der Waals surface area contributed by atoms with Crippen LogP contribution in [-0.4, -0.2) is 106 Å². The van der Waals surface area contributed by atoms with Gasteiger partial charge in [0.25, 0.3) is 5.91 Å². The Hall–Kier alpha value is -4.49. The van der Waals surface area contributed by atoms with Gasteiger partial charge in [-0.25, -0.2) is 9.37 Å². The summed E-state index contributed by atoms with van der Waals surface area (Å²) < 4.78 is 27.0. The van der Waals surface area contributed by atoms with Crippen LogP contribution in [0.3, 0.4) is 0 Å². The summed E-state index contributed by atoms with van der Waals surface area (Å²) in [7, 11) is 1.86. The fourth-order valence-corrected chi connectivity index (χ4v) is 8.39. The highest BCUT2D eigenvalue weighted by Crippen LogP contribution is 2.32. The van der Waals surface area contributed by atoms with Crippen LogP contribution >= 0.6 is 0 Å². The van der Waals surface area contributed by atoms with E-state index in [0.29, 0.717) is 23.5 Å². The molecule has 0 radical (unpaired) electrons. The molecule has 1 saturated carbocycles. The molecule has 0 spiro atoms. The lowest BCUT2D eigenvalue weighted by molar-refractivity contribution is 0.0342. The number of aryl methyl sites for hydroxylation is 2. The molecule has 11 nitrogen and oxygen atoms in total. The second-order valence-electron chi connectivity index (χ2n) is 16.8. The molecular formula is C47H64FN7O4. The minimum atomic E-state index is -0.569. The lowest BCUT2D eigenvalue weighted by atomic mass is 9.83. The topological polar surface area (TPSA) is 105 Å². The molecule has 1 amide bonds. The molecule has 2 saturated heterocycles. The molecular weight excluding hydrogens is 746 g/mol. The van der Waals surface area contributed by atoms with Crippen LogP contribution in [0.5, 0.6) is 11.6 Å². The summed E-state index contributed by atoms with van der Waals surface area (Å²) in [5.41, 5.74) is 6.42. The molecule has 4 aromatic rings. The Balaban J connectivity index is 0.000000257. The molecule has 0 unspecified atom stereocenters. The van der Waals surface area contributed by atoms with E-state index < -0.39 is 5.82 Å². The number of pyridine rings is 1. The highest BCUT2D eigenvalue weighted by atomic mass is 19.1. The van der Waals surface area contributed by atoms with E-state index >= 15 is 0 Å². The number of piperazine rings is 1. The molecule has 59 heavy (non-hydrogen) atoms. The summed E-state index contributed by atoms with van der Waals surface area (Å²) in [4.78, 5) is 35.7. The van der Waals surface area contributed by atoms with Crippen molar-refractivity contribution in [2.24, 2.45) is 13.0 Å². The Morgan fingerprint density at radius 2 is 1.66 bits per heavy atom. The molecule has 1 N–H and O–H groups in total. The number of nitrogens with one attached hydrogen (secondary N) is 1. The van der Waals surface area contributed by atoms with E-state index in [1.165, 1.54) is 43.7 Å². The molecule has 2 aromatic carbocycles. The molecule has 2 aromatic heterocycles. The van der Waals surface area contributed by atoms with E-state index in [2.05, 4.69) is 75.1 Å². The maximum absolute atomic E-state index is 13.7. The SMILES string of the molecule is CC(=O)c1cc(F)cnc1Oc1cccc(-c2ccc(CN3CCN(C(C)C)CC3)cc2CN2CCOCC2)c1.CCCC1CCC(NC(=O)c2cc(C)n(C)n2)CC1. The average molecular weight is 810 g/mol. The Kier molecular flexibility index (Phi) is 15.8. The lowest BCUT2D eigenvalue weighted by Crippen LogP contribution is -2.48. The second kappa shape index (κ2) is 21.2. The number of morpholine rings is 1. The van der Waals surface area contributed by atoms with Gasteiger partial charge in [-0.3, -0.25) is 29.0 Å². The van der Waals surface area contributed by atoms with Gasteiger partial charge in [0, 0.05) is 77.2 Å². The first kappa shape index (κ1) is 44.1. The highest BCUT2D eigenvalue weighted by Gasteiger charge is 2.24. The molecule has 318 valence electrons. The molecule has 0 atom stereocenters. The van der Waals surface area contributed by atoms with Crippen molar-refractivity contribution in [3.63, 3.8) is 0 Å². The Labute approximate surface area is 350 Å². The Morgan fingerprint density at radius 1 is 0.932 bits per heavy atom. The summed E-state index contributed by atoms with van der Waals surface area (Å²) in [6.45, 7) is 19.6. The fraction of sp³-hybridized carbons (Fsp3) is 0.532. The summed E-state index contributed by atoms with van der Waals surface area (Å²) in [6, 6.07) is 18.5. The van der Waals surface area contributed by atoms with Crippen molar-refractivity contribution in [3.8, 4) is 22.8 Å². The smallest absolute Gasteiger partial charge is 0.272 e. The van der Waals surface area contributed by atoms with Crippen molar-refractivity contribution in [1.29, 1.82) is 0 Å². The largest absolute Gasteiger partial charge is 0.438 e. The van der Waals surface area contributed by atoms with Crippen LogP contribution in [-0.2, 0) is 24.9 Å².